The van der Waals surface area contributed by atoms with Crippen molar-refractivity contribution in [2.45, 2.75) is 6.23 Å². The molecule has 0 aliphatic heterocycles. The molecule has 2 aromatic heterocycles. The van der Waals surface area contributed by atoms with Gasteiger partial charge in [-0.25, -0.2) is 9.18 Å². The molecule has 0 amide bonds. The summed E-state index contributed by atoms with van der Waals surface area (Å²) < 4.78 is 13.7. The van der Waals surface area contributed by atoms with Gasteiger partial charge in [0.1, 0.15) is 11.5 Å². The molecule has 1 atom stereocenters. The zero-order valence-electron chi connectivity index (χ0n) is 13.8. The number of aromatic nitrogens is 3. The number of carbonyl (C=O) groups is 1. The second-order valence-corrected chi connectivity index (χ2v) is 5.45. The normalized spacial score (nSPS) is 11.4. The Bertz CT molecular complexity index is 1020. The van der Waals surface area contributed by atoms with Crippen LogP contribution in [0.5, 0.6) is 0 Å². The van der Waals surface area contributed by atoms with E-state index < -0.39 is 18.0 Å². The van der Waals surface area contributed by atoms with Gasteiger partial charge in [0.05, 0.1) is 22.5 Å². The van der Waals surface area contributed by atoms with Crippen LogP contribution in [0.2, 0.25) is 0 Å². The molecule has 0 bridgehead atoms. The monoisotopic (exact) mass is 364 g/mol. The van der Waals surface area contributed by atoms with Crippen molar-refractivity contribution in [3.8, 4) is 23.6 Å². The van der Waals surface area contributed by atoms with Crippen molar-refractivity contribution in [1.29, 1.82) is 0 Å². The van der Waals surface area contributed by atoms with Gasteiger partial charge in [0.2, 0.25) is 0 Å². The number of aliphatic hydroxyl groups excluding tert-OH is 1. The second kappa shape index (κ2) is 7.59. The Kier molecular flexibility index (Phi) is 5.06. The standard InChI is InChI=1S/C19H13FN4O3/c1-2-11-9-17(13(19(26)27)10-14(11)20)22-18(25)16-4-3-15(23-24-16)12-5-7-21-8-6-12/h1,3-10,18,22,25H,(H,26,27). The van der Waals surface area contributed by atoms with Gasteiger partial charge in [-0.15, -0.1) is 6.42 Å². The van der Waals surface area contributed by atoms with Crippen LogP contribution >= 0.6 is 0 Å². The first-order valence-corrected chi connectivity index (χ1v) is 7.71. The van der Waals surface area contributed by atoms with Crippen molar-refractivity contribution in [1.82, 2.24) is 15.2 Å². The lowest BCUT2D eigenvalue weighted by molar-refractivity contribution is 0.0697. The minimum Gasteiger partial charge on any atom is -0.478 e. The molecule has 0 radical (unpaired) electrons. The molecule has 3 aromatic rings. The van der Waals surface area contributed by atoms with E-state index in [1.54, 1.807) is 30.6 Å². The molecule has 134 valence electrons. The highest BCUT2D eigenvalue weighted by Gasteiger charge is 2.18. The van der Waals surface area contributed by atoms with E-state index in [1.165, 1.54) is 6.07 Å². The lowest BCUT2D eigenvalue weighted by Gasteiger charge is -2.16. The number of anilines is 1. The highest BCUT2D eigenvalue weighted by atomic mass is 19.1. The minimum atomic E-state index is -1.38. The number of terminal acetylenes is 1. The second-order valence-electron chi connectivity index (χ2n) is 5.45. The highest BCUT2D eigenvalue weighted by molar-refractivity contribution is 5.94. The molecular formula is C19H13FN4O3. The van der Waals surface area contributed by atoms with E-state index in [1.807, 2.05) is 0 Å². The topological polar surface area (TPSA) is 108 Å². The zero-order valence-corrected chi connectivity index (χ0v) is 13.8. The average Bonchev–Trinajstić information content (AvgIpc) is 2.69. The first-order chi connectivity index (χ1) is 13.0. The van der Waals surface area contributed by atoms with Crippen molar-refractivity contribution < 1.29 is 19.4 Å². The van der Waals surface area contributed by atoms with Crippen molar-refractivity contribution in [2.75, 3.05) is 5.32 Å². The highest BCUT2D eigenvalue weighted by Crippen LogP contribution is 2.24. The lowest BCUT2D eigenvalue weighted by atomic mass is 10.1. The number of rotatable bonds is 5. The molecule has 27 heavy (non-hydrogen) atoms. The smallest absolute Gasteiger partial charge is 0.337 e. The van der Waals surface area contributed by atoms with Crippen LogP contribution < -0.4 is 5.32 Å². The van der Waals surface area contributed by atoms with Gasteiger partial charge in [-0.05, 0) is 36.4 Å². The van der Waals surface area contributed by atoms with Crippen LogP contribution in [0, 0.1) is 18.2 Å². The predicted molar refractivity (Wildman–Crippen MR) is 95.1 cm³/mol. The molecule has 1 unspecified atom stereocenters. The molecule has 2 heterocycles. The molecule has 0 aliphatic carbocycles. The lowest BCUT2D eigenvalue weighted by Crippen LogP contribution is -2.15. The molecule has 0 spiro atoms. The molecule has 0 saturated heterocycles. The first kappa shape index (κ1) is 18.0. The number of carboxylic acids is 1. The number of hydrogen-bond donors (Lipinski definition) is 3. The van der Waals surface area contributed by atoms with Crippen LogP contribution in [-0.4, -0.2) is 31.4 Å². The van der Waals surface area contributed by atoms with Gasteiger partial charge in [0.25, 0.3) is 0 Å². The number of benzene rings is 1. The Balaban J connectivity index is 1.86. The van der Waals surface area contributed by atoms with Crippen LogP contribution in [0.15, 0.2) is 48.8 Å². The van der Waals surface area contributed by atoms with E-state index in [-0.39, 0.29) is 22.5 Å². The molecule has 0 fully saturated rings. The van der Waals surface area contributed by atoms with Crippen molar-refractivity contribution in [2.24, 2.45) is 0 Å². The van der Waals surface area contributed by atoms with Crippen LogP contribution in [-0.2, 0) is 0 Å². The fourth-order valence-corrected chi connectivity index (χ4v) is 2.37. The van der Waals surface area contributed by atoms with E-state index in [0.717, 1.165) is 17.7 Å². The maximum Gasteiger partial charge on any atom is 0.337 e. The van der Waals surface area contributed by atoms with E-state index in [2.05, 4.69) is 26.4 Å². The molecule has 3 N–H and O–H groups in total. The molecular weight excluding hydrogens is 351 g/mol. The minimum absolute atomic E-state index is 0.0376. The summed E-state index contributed by atoms with van der Waals surface area (Å²) in [5.74, 6) is -0.0880. The Morgan fingerprint density at radius 2 is 1.93 bits per heavy atom. The number of nitrogens with zero attached hydrogens (tertiary/aromatic N) is 3. The summed E-state index contributed by atoms with van der Waals surface area (Å²) in [4.78, 5) is 15.2. The molecule has 1 aromatic carbocycles. The molecule has 0 saturated carbocycles. The molecule has 8 heteroatoms. The summed E-state index contributed by atoms with van der Waals surface area (Å²) in [5, 5.41) is 30.1. The summed E-state index contributed by atoms with van der Waals surface area (Å²) in [6.45, 7) is 0. The maximum atomic E-state index is 13.7. The Morgan fingerprint density at radius 3 is 2.52 bits per heavy atom. The van der Waals surface area contributed by atoms with Crippen molar-refractivity contribution in [3.63, 3.8) is 0 Å². The van der Waals surface area contributed by atoms with Gasteiger partial charge >= 0.3 is 5.97 Å². The third-order valence-corrected chi connectivity index (χ3v) is 3.73. The fourth-order valence-electron chi connectivity index (χ4n) is 2.37. The third kappa shape index (κ3) is 3.89. The number of carboxylic acid groups (broad SMARTS) is 1. The van der Waals surface area contributed by atoms with Gasteiger partial charge in [-0.3, -0.25) is 4.98 Å². The van der Waals surface area contributed by atoms with E-state index in [4.69, 9.17) is 6.42 Å². The van der Waals surface area contributed by atoms with Crippen LogP contribution in [0.25, 0.3) is 11.3 Å². The summed E-state index contributed by atoms with van der Waals surface area (Å²) in [7, 11) is 0. The van der Waals surface area contributed by atoms with Gasteiger partial charge in [0, 0.05) is 18.0 Å². The summed E-state index contributed by atoms with van der Waals surface area (Å²) in [6, 6.07) is 8.64. The van der Waals surface area contributed by atoms with Crippen LogP contribution in [0.1, 0.15) is 27.8 Å². The largest absolute Gasteiger partial charge is 0.478 e. The first-order valence-electron chi connectivity index (χ1n) is 7.71. The number of aliphatic hydroxyl groups is 1. The van der Waals surface area contributed by atoms with Crippen LogP contribution in [0.4, 0.5) is 10.1 Å². The van der Waals surface area contributed by atoms with E-state index in [9.17, 15) is 19.4 Å². The van der Waals surface area contributed by atoms with Gasteiger partial charge in [0.15, 0.2) is 6.23 Å². The molecule has 0 aliphatic rings. The Hall–Kier alpha value is -3.83. The van der Waals surface area contributed by atoms with Gasteiger partial charge < -0.3 is 15.5 Å². The quantitative estimate of drug-likeness (QED) is 0.471. The zero-order chi connectivity index (χ0) is 19.4. The Morgan fingerprint density at radius 1 is 1.19 bits per heavy atom. The SMILES string of the molecule is C#Cc1cc(NC(O)c2ccc(-c3ccncc3)nn2)c(C(=O)O)cc1F. The van der Waals surface area contributed by atoms with Crippen molar-refractivity contribution >= 4 is 11.7 Å². The number of halogens is 1. The third-order valence-electron chi connectivity index (χ3n) is 3.73. The number of pyridine rings is 1. The summed E-state index contributed by atoms with van der Waals surface area (Å²) in [5.41, 5.74) is 0.994. The van der Waals surface area contributed by atoms with Crippen molar-refractivity contribution in [3.05, 3.63) is 71.4 Å². The Labute approximate surface area is 153 Å². The summed E-state index contributed by atoms with van der Waals surface area (Å²) in [6.07, 6.45) is 7.06. The van der Waals surface area contributed by atoms with E-state index in [0.29, 0.717) is 5.69 Å². The predicted octanol–water partition coefficient (Wildman–Crippen LogP) is 2.46. The average molecular weight is 364 g/mol. The fraction of sp³-hybridized carbons (Fsp3) is 0.0526. The molecule has 7 nitrogen and oxygen atoms in total. The van der Waals surface area contributed by atoms with Crippen LogP contribution in [0.3, 0.4) is 0 Å². The number of aromatic carboxylic acids is 1. The summed E-state index contributed by atoms with van der Waals surface area (Å²) >= 11 is 0. The maximum absolute atomic E-state index is 13.7. The number of nitrogens with one attached hydrogen (secondary N) is 1. The van der Waals surface area contributed by atoms with Gasteiger partial charge in [-0.1, -0.05) is 5.92 Å². The molecule has 3 rings (SSSR count). The van der Waals surface area contributed by atoms with E-state index >= 15 is 0 Å². The number of hydrogen-bond acceptors (Lipinski definition) is 6. The van der Waals surface area contributed by atoms with Gasteiger partial charge in [-0.2, -0.15) is 10.2 Å².